The van der Waals surface area contributed by atoms with Crippen molar-refractivity contribution < 1.29 is 9.59 Å². The Morgan fingerprint density at radius 1 is 1.11 bits per heavy atom. The van der Waals surface area contributed by atoms with Crippen LogP contribution in [0, 0.1) is 6.92 Å². The fraction of sp³-hybridized carbons (Fsp3) is 0.300. The van der Waals surface area contributed by atoms with E-state index in [4.69, 9.17) is 0 Å². The van der Waals surface area contributed by atoms with E-state index in [1.54, 1.807) is 11.1 Å². The van der Waals surface area contributed by atoms with Crippen molar-refractivity contribution in [3.63, 3.8) is 0 Å². The van der Waals surface area contributed by atoms with Crippen LogP contribution in [-0.4, -0.2) is 36.1 Å². The molecule has 192 valence electrons. The highest BCUT2D eigenvalue weighted by Gasteiger charge is 2.34. The Bertz CT molecular complexity index is 1590. The number of anilines is 3. The van der Waals surface area contributed by atoms with E-state index in [0.29, 0.717) is 16.5 Å². The first-order valence-electron chi connectivity index (χ1n) is 13.3. The Hall–Kier alpha value is -3.75. The number of carbonyl (C=O) groups excluding carboxylic acids is 2. The highest BCUT2D eigenvalue weighted by molar-refractivity contribution is 7.21. The van der Waals surface area contributed by atoms with E-state index in [0.717, 1.165) is 53.1 Å². The number of rotatable bonds is 5. The highest BCUT2D eigenvalue weighted by atomic mass is 32.1. The molecule has 2 aromatic heterocycles. The van der Waals surface area contributed by atoms with Crippen molar-refractivity contribution in [3.8, 4) is 11.1 Å². The third kappa shape index (κ3) is 3.95. The average molecular weight is 524 g/mol. The molecule has 38 heavy (non-hydrogen) atoms. The van der Waals surface area contributed by atoms with Gasteiger partial charge in [0.1, 0.15) is 9.71 Å². The molecule has 1 atom stereocenters. The van der Waals surface area contributed by atoms with Gasteiger partial charge in [-0.3, -0.25) is 9.69 Å². The van der Waals surface area contributed by atoms with Gasteiger partial charge in [-0.2, -0.15) is 0 Å². The van der Waals surface area contributed by atoms with Crippen LogP contribution in [0.25, 0.3) is 21.3 Å². The van der Waals surface area contributed by atoms with Gasteiger partial charge in [0, 0.05) is 18.8 Å². The number of nitrogens with one attached hydrogen (secondary N) is 3. The van der Waals surface area contributed by atoms with Gasteiger partial charge >= 0.3 is 6.03 Å². The van der Waals surface area contributed by atoms with E-state index in [9.17, 15) is 9.59 Å². The third-order valence-corrected chi connectivity index (χ3v) is 8.91. The lowest BCUT2D eigenvalue weighted by atomic mass is 9.95. The summed E-state index contributed by atoms with van der Waals surface area (Å²) < 4.78 is 0. The van der Waals surface area contributed by atoms with Crippen molar-refractivity contribution in [1.82, 2.24) is 15.6 Å². The van der Waals surface area contributed by atoms with Crippen LogP contribution in [0.1, 0.15) is 52.4 Å². The molecule has 1 saturated carbocycles. The molecule has 7 nitrogen and oxygen atoms in total. The largest absolute Gasteiger partial charge is 0.347 e. The summed E-state index contributed by atoms with van der Waals surface area (Å²) in [5.74, 6) is 0.494. The van der Waals surface area contributed by atoms with E-state index in [2.05, 4.69) is 57.3 Å². The summed E-state index contributed by atoms with van der Waals surface area (Å²) in [5, 5.41) is 10.3. The number of aryl methyl sites for hydroxylation is 1. The summed E-state index contributed by atoms with van der Waals surface area (Å²) in [5.41, 5.74) is 6.97. The first kappa shape index (κ1) is 23.4. The monoisotopic (exact) mass is 523 g/mol. The molecule has 3 N–H and O–H groups in total. The Labute approximate surface area is 225 Å². The van der Waals surface area contributed by atoms with Gasteiger partial charge in [0.05, 0.1) is 22.4 Å². The molecule has 0 radical (unpaired) electrons. The van der Waals surface area contributed by atoms with Crippen LogP contribution in [-0.2, 0) is 0 Å². The Morgan fingerprint density at radius 2 is 1.97 bits per heavy atom. The maximum atomic E-state index is 13.6. The standard InChI is InChI=1S/C30H29N5O2S/c1-17-15-19(22-7-3-2-6-21(22)18-8-9-18)10-11-23(17)35-24-12-14-32-29-25(24)26(34-30(35)37)27(38-29)28(36)33-20-5-4-13-31-16-20/h2-3,6-7,10-12,14-15,18,20,31H,4-5,8-9,13,16H2,1H3,(H,33,36)(H,34,37)/t20-/m1/s1. The molecule has 2 aliphatic heterocycles. The van der Waals surface area contributed by atoms with Gasteiger partial charge in [0.2, 0.25) is 0 Å². The van der Waals surface area contributed by atoms with Gasteiger partial charge in [-0.15, -0.1) is 11.3 Å². The van der Waals surface area contributed by atoms with Crippen LogP contribution < -0.4 is 20.9 Å². The topological polar surface area (TPSA) is 86.4 Å². The van der Waals surface area contributed by atoms with Crippen molar-refractivity contribution in [3.05, 3.63) is 70.7 Å². The molecule has 4 aromatic rings. The molecule has 3 aliphatic rings. The summed E-state index contributed by atoms with van der Waals surface area (Å²) in [6.07, 6.45) is 6.20. The minimum absolute atomic E-state index is 0.0862. The second-order valence-electron chi connectivity index (χ2n) is 10.5. The lowest BCUT2D eigenvalue weighted by molar-refractivity contribution is 0.0935. The molecule has 0 spiro atoms. The molecule has 0 bridgehead atoms. The molecular weight excluding hydrogens is 494 g/mol. The normalized spacial score (nSPS) is 18.9. The number of pyridine rings is 1. The van der Waals surface area contributed by atoms with Crippen LogP contribution in [0.15, 0.2) is 54.7 Å². The van der Waals surface area contributed by atoms with E-state index >= 15 is 0 Å². The fourth-order valence-electron chi connectivity index (χ4n) is 5.79. The van der Waals surface area contributed by atoms with Gasteiger partial charge in [0.15, 0.2) is 0 Å². The molecule has 2 fully saturated rings. The van der Waals surface area contributed by atoms with Crippen LogP contribution in [0.4, 0.5) is 21.9 Å². The zero-order valence-corrected chi connectivity index (χ0v) is 22.0. The Balaban J connectivity index is 1.26. The highest BCUT2D eigenvalue weighted by Crippen LogP contribution is 2.47. The predicted octanol–water partition coefficient (Wildman–Crippen LogP) is 6.31. The van der Waals surface area contributed by atoms with Crippen LogP contribution in [0.5, 0.6) is 0 Å². The van der Waals surface area contributed by atoms with Crippen molar-refractivity contribution in [2.75, 3.05) is 23.3 Å². The number of amides is 3. The van der Waals surface area contributed by atoms with E-state index in [1.165, 1.54) is 40.9 Å². The van der Waals surface area contributed by atoms with Gasteiger partial charge in [0.25, 0.3) is 5.91 Å². The zero-order valence-electron chi connectivity index (χ0n) is 21.2. The van der Waals surface area contributed by atoms with E-state index in [-0.39, 0.29) is 18.0 Å². The number of hydrogen-bond donors (Lipinski definition) is 3. The van der Waals surface area contributed by atoms with Crippen molar-refractivity contribution in [2.24, 2.45) is 0 Å². The lowest BCUT2D eigenvalue weighted by Gasteiger charge is -2.30. The number of piperidine rings is 1. The number of carbonyl (C=O) groups is 2. The van der Waals surface area contributed by atoms with Gasteiger partial charge in [-0.25, -0.2) is 9.78 Å². The smallest absolute Gasteiger partial charge is 0.331 e. The maximum Gasteiger partial charge on any atom is 0.331 e. The molecule has 2 aromatic carbocycles. The van der Waals surface area contributed by atoms with E-state index < -0.39 is 0 Å². The van der Waals surface area contributed by atoms with Gasteiger partial charge in [-0.1, -0.05) is 30.3 Å². The summed E-state index contributed by atoms with van der Waals surface area (Å²) in [6.45, 7) is 3.79. The Morgan fingerprint density at radius 3 is 2.76 bits per heavy atom. The second kappa shape index (κ2) is 9.22. The average Bonchev–Trinajstić information content (AvgIpc) is 3.72. The van der Waals surface area contributed by atoms with Crippen molar-refractivity contribution in [2.45, 2.75) is 44.6 Å². The van der Waals surface area contributed by atoms with Crippen LogP contribution >= 0.6 is 11.3 Å². The lowest BCUT2D eigenvalue weighted by Crippen LogP contribution is -2.45. The molecule has 4 heterocycles. The molecule has 0 unspecified atom stereocenters. The molecular formula is C30H29N5O2S. The molecule has 8 heteroatoms. The minimum Gasteiger partial charge on any atom is -0.347 e. The summed E-state index contributed by atoms with van der Waals surface area (Å²) in [6, 6.07) is 16.6. The minimum atomic E-state index is -0.272. The molecule has 1 aliphatic carbocycles. The number of urea groups is 1. The number of aromatic nitrogens is 1. The summed E-state index contributed by atoms with van der Waals surface area (Å²) in [7, 11) is 0. The van der Waals surface area contributed by atoms with Crippen molar-refractivity contribution in [1.29, 1.82) is 0 Å². The first-order chi connectivity index (χ1) is 18.6. The van der Waals surface area contributed by atoms with Gasteiger partial charge < -0.3 is 16.0 Å². The second-order valence-corrected chi connectivity index (χ2v) is 11.5. The molecule has 1 saturated heterocycles. The zero-order chi connectivity index (χ0) is 25.8. The number of hydrogen-bond acceptors (Lipinski definition) is 5. The maximum absolute atomic E-state index is 13.6. The number of nitrogens with zero attached hydrogens (tertiary/aromatic N) is 2. The molecule has 7 rings (SSSR count). The Kier molecular flexibility index (Phi) is 5.67. The quantitative estimate of drug-likeness (QED) is 0.286. The van der Waals surface area contributed by atoms with Crippen LogP contribution in [0.3, 0.4) is 0 Å². The molecule has 3 amide bonds. The predicted molar refractivity (Wildman–Crippen MR) is 153 cm³/mol. The van der Waals surface area contributed by atoms with Crippen LogP contribution in [0.2, 0.25) is 0 Å². The van der Waals surface area contributed by atoms with E-state index in [1.807, 2.05) is 19.1 Å². The SMILES string of the molecule is Cc1cc(-c2ccccc2C2CC2)ccc1N1C(=O)Nc2c(C(=O)N[C@@H]3CCCNC3)sc3nccc1c23. The fourth-order valence-corrected chi connectivity index (χ4v) is 6.82. The summed E-state index contributed by atoms with van der Waals surface area (Å²) >= 11 is 1.33. The first-order valence-corrected chi connectivity index (χ1v) is 14.1. The third-order valence-electron chi connectivity index (χ3n) is 7.81. The summed E-state index contributed by atoms with van der Waals surface area (Å²) in [4.78, 5) is 34.3. The number of thiophene rings is 1. The van der Waals surface area contributed by atoms with Gasteiger partial charge in [-0.05, 0) is 85.5 Å². The van der Waals surface area contributed by atoms with Crippen molar-refractivity contribution >= 4 is 50.6 Å². The number of benzene rings is 2.